The quantitative estimate of drug-likeness (QED) is 0.591. The van der Waals surface area contributed by atoms with Crippen molar-refractivity contribution in [1.29, 1.82) is 0 Å². The molecule has 2 fully saturated rings. The largest absolute Gasteiger partial charge is 0.479 e. The number of hydrogen-bond acceptors (Lipinski definition) is 6. The van der Waals surface area contributed by atoms with Gasteiger partial charge in [0.15, 0.2) is 5.54 Å². The molecule has 1 amide bonds. The molecule has 2 aliphatic heterocycles. The number of thioether (sulfide) groups is 1. The van der Waals surface area contributed by atoms with Crippen molar-refractivity contribution in [3.05, 3.63) is 35.9 Å². The fraction of sp³-hybridized carbons (Fsp3) is 0.471. The summed E-state index contributed by atoms with van der Waals surface area (Å²) in [5.74, 6) is -2.32. The summed E-state index contributed by atoms with van der Waals surface area (Å²) in [4.78, 5) is 37.9. The van der Waals surface area contributed by atoms with Crippen LogP contribution in [0.2, 0.25) is 0 Å². The predicted octanol–water partition coefficient (Wildman–Crippen LogP) is 0.964. The van der Waals surface area contributed by atoms with Crippen molar-refractivity contribution >= 4 is 29.6 Å². The number of rotatable bonds is 5. The molecule has 3 atom stereocenters. The van der Waals surface area contributed by atoms with Gasteiger partial charge in [0.2, 0.25) is 5.91 Å². The van der Waals surface area contributed by atoms with E-state index in [9.17, 15) is 19.5 Å². The molecule has 25 heavy (non-hydrogen) atoms. The molecule has 0 bridgehead atoms. The number of nitrogens with zero attached hydrogens (tertiary/aromatic N) is 1. The molecule has 0 aliphatic carbocycles. The van der Waals surface area contributed by atoms with E-state index in [2.05, 4.69) is 0 Å². The molecule has 3 N–H and O–H groups in total. The van der Waals surface area contributed by atoms with Gasteiger partial charge in [0.1, 0.15) is 18.0 Å². The average Bonchev–Trinajstić information content (AvgIpc) is 2.79. The number of amides is 1. The van der Waals surface area contributed by atoms with E-state index in [0.29, 0.717) is 0 Å². The first-order chi connectivity index (χ1) is 11.7. The van der Waals surface area contributed by atoms with Gasteiger partial charge in [0, 0.05) is 4.75 Å². The SMILES string of the molecule is CC1(C)S[C@@H]2C(N)C(=O)N2[C@@]1(CC(=O)OCc1ccccc1)C(=O)O. The number of aliphatic carboxylic acids is 1. The number of esters is 1. The van der Waals surface area contributed by atoms with Crippen molar-refractivity contribution in [1.82, 2.24) is 4.90 Å². The average molecular weight is 364 g/mol. The van der Waals surface area contributed by atoms with E-state index in [1.807, 2.05) is 30.3 Å². The van der Waals surface area contributed by atoms with E-state index in [0.717, 1.165) is 5.56 Å². The second-order valence-electron chi connectivity index (χ2n) is 6.74. The minimum Gasteiger partial charge on any atom is -0.479 e. The van der Waals surface area contributed by atoms with Gasteiger partial charge < -0.3 is 20.5 Å². The minimum absolute atomic E-state index is 0.0554. The molecule has 0 saturated carbocycles. The summed E-state index contributed by atoms with van der Waals surface area (Å²) in [5.41, 5.74) is 4.94. The third-order valence-electron chi connectivity index (χ3n) is 4.90. The standard InChI is InChI=1S/C17H20N2O5S/c1-16(2)17(15(22)23,19-13(21)12(18)14(19)25-16)8-11(20)24-9-10-6-4-3-5-7-10/h3-7,12,14H,8-9,18H2,1-2H3,(H,22,23)/t12?,14-,17+/m1/s1. The van der Waals surface area contributed by atoms with Crippen molar-refractivity contribution in [3.63, 3.8) is 0 Å². The fourth-order valence-electron chi connectivity index (χ4n) is 3.44. The molecule has 134 valence electrons. The van der Waals surface area contributed by atoms with Crippen LogP contribution in [0.3, 0.4) is 0 Å². The first kappa shape index (κ1) is 17.8. The molecular formula is C17H20N2O5S. The molecule has 1 aromatic rings. The van der Waals surface area contributed by atoms with Crippen molar-refractivity contribution in [2.75, 3.05) is 0 Å². The summed E-state index contributed by atoms with van der Waals surface area (Å²) in [6.45, 7) is 3.49. The lowest BCUT2D eigenvalue weighted by molar-refractivity contribution is -0.175. The zero-order valence-electron chi connectivity index (χ0n) is 14.0. The first-order valence-electron chi connectivity index (χ1n) is 7.90. The van der Waals surface area contributed by atoms with Gasteiger partial charge in [-0.05, 0) is 19.4 Å². The number of fused-ring (bicyclic) bond motifs is 1. The Balaban J connectivity index is 1.80. The van der Waals surface area contributed by atoms with Crippen LogP contribution in [0.4, 0.5) is 0 Å². The maximum absolute atomic E-state index is 12.4. The number of β-lactam (4-membered cyclic amide) rings is 1. The molecule has 2 saturated heterocycles. The number of ether oxygens (including phenoxy) is 1. The molecule has 1 unspecified atom stereocenters. The lowest BCUT2D eigenvalue weighted by Gasteiger charge is -2.48. The molecule has 0 radical (unpaired) electrons. The van der Waals surface area contributed by atoms with Gasteiger partial charge in [-0.3, -0.25) is 9.59 Å². The highest BCUT2D eigenvalue weighted by atomic mass is 32.2. The molecule has 2 heterocycles. The van der Waals surface area contributed by atoms with E-state index < -0.39 is 46.0 Å². The zero-order chi connectivity index (χ0) is 18.4. The smallest absolute Gasteiger partial charge is 0.331 e. The Morgan fingerprint density at radius 1 is 1.32 bits per heavy atom. The number of hydrogen-bond donors (Lipinski definition) is 2. The number of carbonyl (C=O) groups excluding carboxylic acids is 2. The predicted molar refractivity (Wildman–Crippen MR) is 91.5 cm³/mol. The summed E-state index contributed by atoms with van der Waals surface area (Å²) in [6, 6.07) is 8.38. The molecule has 8 heteroatoms. The second-order valence-corrected chi connectivity index (χ2v) is 8.48. The second kappa shape index (κ2) is 6.03. The van der Waals surface area contributed by atoms with Gasteiger partial charge in [0.05, 0.1) is 6.42 Å². The summed E-state index contributed by atoms with van der Waals surface area (Å²) in [5, 5.41) is 9.47. The highest BCUT2D eigenvalue weighted by Gasteiger charge is 2.72. The van der Waals surface area contributed by atoms with Crippen molar-refractivity contribution in [2.45, 2.75) is 48.6 Å². The summed E-state index contributed by atoms with van der Waals surface area (Å²) in [6.07, 6.45) is -0.413. The van der Waals surface area contributed by atoms with Crippen LogP contribution in [0.5, 0.6) is 0 Å². The molecular weight excluding hydrogens is 344 g/mol. The van der Waals surface area contributed by atoms with Crippen LogP contribution in [0.25, 0.3) is 0 Å². The third kappa shape index (κ3) is 2.60. The van der Waals surface area contributed by atoms with Crippen LogP contribution in [-0.4, -0.2) is 49.6 Å². The topological polar surface area (TPSA) is 110 Å². The number of carboxylic acids is 1. The van der Waals surface area contributed by atoms with Crippen LogP contribution in [0.1, 0.15) is 25.8 Å². The lowest BCUT2D eigenvalue weighted by atomic mass is 9.78. The van der Waals surface area contributed by atoms with Crippen LogP contribution < -0.4 is 5.73 Å². The Morgan fingerprint density at radius 3 is 2.56 bits per heavy atom. The maximum Gasteiger partial charge on any atom is 0.331 e. The van der Waals surface area contributed by atoms with Gasteiger partial charge in [-0.2, -0.15) is 0 Å². The van der Waals surface area contributed by atoms with Gasteiger partial charge in [-0.1, -0.05) is 30.3 Å². The van der Waals surface area contributed by atoms with E-state index in [4.69, 9.17) is 10.5 Å². The highest BCUT2D eigenvalue weighted by molar-refractivity contribution is 8.01. The molecule has 7 nitrogen and oxygen atoms in total. The third-order valence-corrected chi connectivity index (χ3v) is 6.58. The Labute approximate surface area is 149 Å². The van der Waals surface area contributed by atoms with Crippen LogP contribution >= 0.6 is 11.8 Å². The van der Waals surface area contributed by atoms with Gasteiger partial charge in [-0.15, -0.1) is 11.8 Å². The monoisotopic (exact) mass is 364 g/mol. The van der Waals surface area contributed by atoms with Gasteiger partial charge in [0.25, 0.3) is 0 Å². The Bertz CT molecular complexity index is 723. The highest BCUT2D eigenvalue weighted by Crippen LogP contribution is 2.57. The van der Waals surface area contributed by atoms with Gasteiger partial charge >= 0.3 is 11.9 Å². The van der Waals surface area contributed by atoms with Crippen LogP contribution in [0.15, 0.2) is 30.3 Å². The zero-order valence-corrected chi connectivity index (χ0v) is 14.8. The normalized spacial score (nSPS) is 29.7. The lowest BCUT2D eigenvalue weighted by Crippen LogP contribution is -2.74. The minimum atomic E-state index is -1.66. The first-order valence-corrected chi connectivity index (χ1v) is 8.78. The molecule has 3 rings (SSSR count). The summed E-state index contributed by atoms with van der Waals surface area (Å²) >= 11 is 1.31. The van der Waals surface area contributed by atoms with E-state index in [1.54, 1.807) is 13.8 Å². The maximum atomic E-state index is 12.4. The summed E-state index contributed by atoms with van der Waals surface area (Å²) < 4.78 is 4.37. The Hall–Kier alpha value is -2.06. The fourth-order valence-corrected chi connectivity index (χ4v) is 5.15. The van der Waals surface area contributed by atoms with Crippen molar-refractivity contribution in [2.24, 2.45) is 5.73 Å². The number of nitrogens with two attached hydrogens (primary N) is 1. The molecule has 1 aromatic carbocycles. The van der Waals surface area contributed by atoms with Crippen LogP contribution in [-0.2, 0) is 25.7 Å². The van der Waals surface area contributed by atoms with E-state index >= 15 is 0 Å². The summed E-state index contributed by atoms with van der Waals surface area (Å²) in [7, 11) is 0. The van der Waals surface area contributed by atoms with E-state index in [-0.39, 0.29) is 6.61 Å². The van der Waals surface area contributed by atoms with E-state index in [1.165, 1.54) is 16.7 Å². The van der Waals surface area contributed by atoms with Crippen molar-refractivity contribution < 1.29 is 24.2 Å². The molecule has 0 spiro atoms. The number of carbonyl (C=O) groups is 3. The Morgan fingerprint density at radius 2 is 1.96 bits per heavy atom. The number of carboxylic acid groups (broad SMARTS) is 1. The van der Waals surface area contributed by atoms with Gasteiger partial charge in [-0.25, -0.2) is 4.79 Å². The van der Waals surface area contributed by atoms with Crippen molar-refractivity contribution in [3.8, 4) is 0 Å². The Kier molecular flexibility index (Phi) is 4.28. The number of benzene rings is 1. The van der Waals surface area contributed by atoms with Crippen LogP contribution in [0, 0.1) is 0 Å². The molecule has 2 aliphatic rings. The molecule has 0 aromatic heterocycles.